The lowest BCUT2D eigenvalue weighted by atomic mass is 9.82. The third-order valence-electron chi connectivity index (χ3n) is 5.54. The second-order valence-corrected chi connectivity index (χ2v) is 7.89. The molecule has 2 saturated carbocycles. The second-order valence-electron chi connectivity index (χ2n) is 7.89. The third-order valence-corrected chi connectivity index (χ3v) is 5.54. The molecule has 22 heavy (non-hydrogen) atoms. The average molecular weight is 354 g/mol. The van der Waals surface area contributed by atoms with Crippen LogP contribution in [0.3, 0.4) is 0 Å². The summed E-state index contributed by atoms with van der Waals surface area (Å²) in [7, 11) is 4.14. The number of hydrogen-bond donors (Lipinski definition) is 2. The molecule has 2 aliphatic carbocycles. The fourth-order valence-corrected chi connectivity index (χ4v) is 4.18. The first kappa shape index (κ1) is 22.0. The smallest absolute Gasteiger partial charge is 0.225 e. The van der Waals surface area contributed by atoms with Crippen LogP contribution in [-0.2, 0) is 4.79 Å². The van der Waals surface area contributed by atoms with Gasteiger partial charge in [0, 0.05) is 18.6 Å². The van der Waals surface area contributed by atoms with Gasteiger partial charge in [-0.25, -0.2) is 0 Å². The van der Waals surface area contributed by atoms with Crippen molar-refractivity contribution >= 4 is 30.7 Å². The fraction of sp³-hybridized carbons (Fsp3) is 0.938. The van der Waals surface area contributed by atoms with Crippen LogP contribution >= 0.6 is 24.8 Å². The molecule has 6 heteroatoms. The van der Waals surface area contributed by atoms with Crippen LogP contribution in [0.25, 0.3) is 0 Å². The number of halogens is 2. The third kappa shape index (κ3) is 4.50. The lowest BCUT2D eigenvalue weighted by Crippen LogP contribution is -2.52. The van der Waals surface area contributed by atoms with Gasteiger partial charge in [0.15, 0.2) is 0 Å². The molecule has 0 radical (unpaired) electrons. The van der Waals surface area contributed by atoms with Gasteiger partial charge in [0.25, 0.3) is 0 Å². The van der Waals surface area contributed by atoms with Gasteiger partial charge >= 0.3 is 0 Å². The van der Waals surface area contributed by atoms with Crippen molar-refractivity contribution in [2.45, 2.75) is 52.1 Å². The minimum absolute atomic E-state index is 0. The Bertz CT molecular complexity index is 374. The Morgan fingerprint density at radius 1 is 1.27 bits per heavy atom. The van der Waals surface area contributed by atoms with Crippen LogP contribution in [-0.4, -0.2) is 43.5 Å². The van der Waals surface area contributed by atoms with Crippen molar-refractivity contribution < 1.29 is 4.79 Å². The zero-order chi connectivity index (χ0) is 15.1. The Morgan fingerprint density at radius 3 is 2.27 bits per heavy atom. The number of amides is 1. The SMILES string of the molecule is CC(NC(=O)C1C2CCC(C2)C1N)C(C)(C)CN(C)C.Cl.Cl. The summed E-state index contributed by atoms with van der Waals surface area (Å²) in [5, 5.41) is 3.24. The molecule has 5 atom stereocenters. The first-order valence-corrected chi connectivity index (χ1v) is 7.93. The van der Waals surface area contributed by atoms with E-state index in [9.17, 15) is 4.79 Å². The van der Waals surface area contributed by atoms with Gasteiger partial charge in [-0.3, -0.25) is 4.79 Å². The highest BCUT2D eigenvalue weighted by atomic mass is 35.5. The van der Waals surface area contributed by atoms with Crippen molar-refractivity contribution in [1.82, 2.24) is 10.2 Å². The van der Waals surface area contributed by atoms with E-state index in [0.29, 0.717) is 11.8 Å². The molecule has 0 saturated heterocycles. The molecular weight excluding hydrogens is 321 g/mol. The predicted octanol–water partition coefficient (Wildman–Crippen LogP) is 2.30. The van der Waals surface area contributed by atoms with E-state index in [1.165, 1.54) is 12.8 Å². The minimum atomic E-state index is 0. The maximum atomic E-state index is 12.6. The lowest BCUT2D eigenvalue weighted by Gasteiger charge is -2.36. The minimum Gasteiger partial charge on any atom is -0.353 e. The molecule has 4 nitrogen and oxygen atoms in total. The molecule has 0 aromatic carbocycles. The summed E-state index contributed by atoms with van der Waals surface area (Å²) >= 11 is 0. The van der Waals surface area contributed by atoms with Gasteiger partial charge in [-0.2, -0.15) is 0 Å². The van der Waals surface area contributed by atoms with Crippen molar-refractivity contribution in [2.75, 3.05) is 20.6 Å². The summed E-state index contributed by atoms with van der Waals surface area (Å²) in [6, 6.07) is 0.238. The summed E-state index contributed by atoms with van der Waals surface area (Å²) in [5.74, 6) is 1.34. The van der Waals surface area contributed by atoms with Crippen molar-refractivity contribution in [1.29, 1.82) is 0 Å². The molecule has 0 aliphatic heterocycles. The summed E-state index contributed by atoms with van der Waals surface area (Å²) in [6.07, 6.45) is 3.57. The van der Waals surface area contributed by atoms with Crippen LogP contribution in [0, 0.1) is 23.2 Å². The van der Waals surface area contributed by atoms with E-state index in [0.717, 1.165) is 13.0 Å². The molecular formula is C16H33Cl2N3O. The maximum absolute atomic E-state index is 12.6. The summed E-state index contributed by atoms with van der Waals surface area (Å²) in [6.45, 7) is 7.48. The Morgan fingerprint density at radius 2 is 1.82 bits per heavy atom. The van der Waals surface area contributed by atoms with E-state index in [2.05, 4.69) is 45.1 Å². The zero-order valence-electron chi connectivity index (χ0n) is 14.5. The number of fused-ring (bicyclic) bond motifs is 2. The van der Waals surface area contributed by atoms with E-state index in [-0.39, 0.29) is 54.1 Å². The van der Waals surface area contributed by atoms with Crippen LogP contribution in [0.15, 0.2) is 0 Å². The molecule has 5 unspecified atom stereocenters. The number of carbonyl (C=O) groups excluding carboxylic acids is 1. The topological polar surface area (TPSA) is 58.4 Å². The molecule has 2 fully saturated rings. The first-order valence-electron chi connectivity index (χ1n) is 7.93. The van der Waals surface area contributed by atoms with Crippen molar-refractivity contribution in [2.24, 2.45) is 28.9 Å². The standard InChI is InChI=1S/C16H31N3O.2ClH/c1-10(16(2,3)9-19(4)5)18-15(20)13-11-6-7-12(8-11)14(13)17;;/h10-14H,6-9,17H2,1-5H3,(H,18,20);2*1H. The molecule has 132 valence electrons. The van der Waals surface area contributed by atoms with E-state index in [1.807, 2.05) is 0 Å². The number of nitrogens with zero attached hydrogens (tertiary/aromatic N) is 1. The molecule has 1 amide bonds. The second kappa shape index (κ2) is 8.18. The number of nitrogens with one attached hydrogen (secondary N) is 1. The van der Waals surface area contributed by atoms with Crippen molar-refractivity contribution in [3.8, 4) is 0 Å². The lowest BCUT2D eigenvalue weighted by molar-refractivity contribution is -0.128. The van der Waals surface area contributed by atoms with Crippen LogP contribution < -0.4 is 11.1 Å². The van der Waals surface area contributed by atoms with Crippen LogP contribution in [0.2, 0.25) is 0 Å². The van der Waals surface area contributed by atoms with Crippen LogP contribution in [0.4, 0.5) is 0 Å². The quantitative estimate of drug-likeness (QED) is 0.797. The Kier molecular flexibility index (Phi) is 8.17. The number of nitrogens with two attached hydrogens (primary N) is 1. The van der Waals surface area contributed by atoms with Gasteiger partial charge in [-0.1, -0.05) is 13.8 Å². The van der Waals surface area contributed by atoms with Gasteiger partial charge < -0.3 is 16.0 Å². The van der Waals surface area contributed by atoms with Crippen LogP contribution in [0.1, 0.15) is 40.0 Å². The molecule has 2 rings (SSSR count). The average Bonchev–Trinajstić information content (AvgIpc) is 2.87. The van der Waals surface area contributed by atoms with Crippen LogP contribution in [0.5, 0.6) is 0 Å². The molecule has 0 aromatic heterocycles. The zero-order valence-corrected chi connectivity index (χ0v) is 16.1. The Hall–Kier alpha value is -0.0300. The van der Waals surface area contributed by atoms with Crippen molar-refractivity contribution in [3.05, 3.63) is 0 Å². The van der Waals surface area contributed by atoms with E-state index >= 15 is 0 Å². The summed E-state index contributed by atoms with van der Waals surface area (Å²) in [4.78, 5) is 14.8. The van der Waals surface area contributed by atoms with Gasteiger partial charge in [0.2, 0.25) is 5.91 Å². The Balaban J connectivity index is 0.00000220. The van der Waals surface area contributed by atoms with Crippen molar-refractivity contribution in [3.63, 3.8) is 0 Å². The Labute approximate surface area is 147 Å². The highest BCUT2D eigenvalue weighted by Crippen LogP contribution is 2.47. The highest BCUT2D eigenvalue weighted by molar-refractivity contribution is 5.85. The van der Waals surface area contributed by atoms with Gasteiger partial charge in [0.05, 0.1) is 5.92 Å². The largest absolute Gasteiger partial charge is 0.353 e. The summed E-state index contributed by atoms with van der Waals surface area (Å²) < 4.78 is 0. The number of rotatable bonds is 5. The number of carbonyl (C=O) groups is 1. The molecule has 0 spiro atoms. The monoisotopic (exact) mass is 353 g/mol. The van der Waals surface area contributed by atoms with Gasteiger partial charge in [-0.15, -0.1) is 24.8 Å². The first-order chi connectivity index (χ1) is 9.22. The predicted molar refractivity (Wildman–Crippen MR) is 96.7 cm³/mol. The van der Waals surface area contributed by atoms with E-state index in [4.69, 9.17) is 5.73 Å². The summed E-state index contributed by atoms with van der Waals surface area (Å²) in [5.41, 5.74) is 6.32. The number of hydrogen-bond acceptors (Lipinski definition) is 3. The molecule has 3 N–H and O–H groups in total. The van der Waals surface area contributed by atoms with E-state index in [1.54, 1.807) is 0 Å². The molecule has 2 bridgehead atoms. The molecule has 2 aliphatic rings. The fourth-order valence-electron chi connectivity index (χ4n) is 4.18. The van der Waals surface area contributed by atoms with Gasteiger partial charge in [0.1, 0.15) is 0 Å². The van der Waals surface area contributed by atoms with E-state index < -0.39 is 0 Å². The molecule has 0 aromatic rings. The normalized spacial score (nSPS) is 31.4. The molecule has 0 heterocycles. The maximum Gasteiger partial charge on any atom is 0.225 e. The highest BCUT2D eigenvalue weighted by Gasteiger charge is 2.49. The van der Waals surface area contributed by atoms with Gasteiger partial charge in [-0.05, 0) is 57.5 Å².